The first kappa shape index (κ1) is 15.5. The molecule has 0 radical (unpaired) electrons. The number of hydrogen-bond acceptors (Lipinski definition) is 4. The van der Waals surface area contributed by atoms with Crippen LogP contribution < -0.4 is 4.74 Å². The van der Waals surface area contributed by atoms with Crippen molar-refractivity contribution in [1.29, 1.82) is 0 Å². The highest BCUT2D eigenvalue weighted by molar-refractivity contribution is 5.78. The number of hydrogen-bond donors (Lipinski definition) is 0. The van der Waals surface area contributed by atoms with Crippen molar-refractivity contribution in [2.75, 3.05) is 26.8 Å². The Morgan fingerprint density at radius 2 is 2.13 bits per heavy atom. The molecule has 3 rings (SSSR count). The average Bonchev–Trinajstić information content (AvgIpc) is 2.63. The smallest absolute Gasteiger partial charge is 0.227 e. The number of amides is 1. The van der Waals surface area contributed by atoms with Gasteiger partial charge in [0.25, 0.3) is 0 Å². The maximum atomic E-state index is 12.5. The first-order valence-electron chi connectivity index (χ1n) is 7.69. The molecule has 1 atom stereocenters. The molecule has 2 heterocycles. The molecule has 5 nitrogen and oxygen atoms in total. The molecule has 0 N–H and O–H groups in total. The second kappa shape index (κ2) is 7.24. The van der Waals surface area contributed by atoms with E-state index >= 15 is 0 Å². The van der Waals surface area contributed by atoms with Crippen LogP contribution in [0.15, 0.2) is 48.7 Å². The first-order valence-corrected chi connectivity index (χ1v) is 7.69. The molecule has 1 fully saturated rings. The Balaban J connectivity index is 1.62. The number of pyridine rings is 1. The molecule has 1 unspecified atom stereocenters. The summed E-state index contributed by atoms with van der Waals surface area (Å²) in [5.74, 6) is 0.651. The van der Waals surface area contributed by atoms with Crippen LogP contribution in [0.2, 0.25) is 0 Å². The minimum Gasteiger partial charge on any atom is -0.481 e. The molecule has 0 spiro atoms. The molecule has 1 aliphatic heterocycles. The maximum Gasteiger partial charge on any atom is 0.227 e. The highest BCUT2D eigenvalue weighted by atomic mass is 16.5. The summed E-state index contributed by atoms with van der Waals surface area (Å²) < 4.78 is 10.8. The third kappa shape index (κ3) is 3.87. The predicted octanol–water partition coefficient (Wildman–Crippen LogP) is 2.23. The Labute approximate surface area is 135 Å². The fourth-order valence-electron chi connectivity index (χ4n) is 2.67. The highest BCUT2D eigenvalue weighted by Crippen LogP contribution is 2.22. The standard InChI is InChI=1S/C18H20N2O3/c1-22-17-8-7-14(12-19-17)11-18(21)20-9-10-23-16(13-20)15-5-3-2-4-6-15/h2-8,12,16H,9-11,13H2,1H3. The van der Waals surface area contributed by atoms with Crippen LogP contribution in [0.4, 0.5) is 0 Å². The van der Waals surface area contributed by atoms with E-state index in [0.717, 1.165) is 11.1 Å². The molecule has 120 valence electrons. The van der Waals surface area contributed by atoms with Crippen molar-refractivity contribution in [1.82, 2.24) is 9.88 Å². The van der Waals surface area contributed by atoms with E-state index in [1.165, 1.54) is 0 Å². The molecule has 0 saturated carbocycles. The fraction of sp³-hybridized carbons (Fsp3) is 0.333. The first-order chi connectivity index (χ1) is 11.3. The highest BCUT2D eigenvalue weighted by Gasteiger charge is 2.25. The lowest BCUT2D eigenvalue weighted by Gasteiger charge is -2.33. The molecule has 1 aliphatic rings. The molecule has 0 aliphatic carbocycles. The SMILES string of the molecule is COc1ccc(CC(=O)N2CCOC(c3ccccc3)C2)cn1. The van der Waals surface area contributed by atoms with Gasteiger partial charge in [0, 0.05) is 18.8 Å². The van der Waals surface area contributed by atoms with Crippen LogP contribution in [0.3, 0.4) is 0 Å². The number of aromatic nitrogens is 1. The number of ether oxygens (including phenoxy) is 2. The van der Waals surface area contributed by atoms with Gasteiger partial charge in [0.05, 0.1) is 26.7 Å². The van der Waals surface area contributed by atoms with Crippen LogP contribution in [0, 0.1) is 0 Å². The maximum absolute atomic E-state index is 12.5. The lowest BCUT2D eigenvalue weighted by Crippen LogP contribution is -2.42. The van der Waals surface area contributed by atoms with Crippen molar-refractivity contribution in [3.05, 3.63) is 59.8 Å². The van der Waals surface area contributed by atoms with Gasteiger partial charge in [0.2, 0.25) is 11.8 Å². The molecule has 0 bridgehead atoms. The van der Waals surface area contributed by atoms with Gasteiger partial charge in [-0.25, -0.2) is 4.98 Å². The molecule has 1 amide bonds. The van der Waals surface area contributed by atoms with E-state index < -0.39 is 0 Å². The van der Waals surface area contributed by atoms with Gasteiger partial charge in [-0.05, 0) is 11.1 Å². The molecule has 23 heavy (non-hydrogen) atoms. The Kier molecular flexibility index (Phi) is 4.88. The van der Waals surface area contributed by atoms with E-state index in [2.05, 4.69) is 4.98 Å². The third-order valence-electron chi connectivity index (χ3n) is 3.95. The summed E-state index contributed by atoms with van der Waals surface area (Å²) in [6, 6.07) is 13.7. The normalized spacial score (nSPS) is 17.8. The van der Waals surface area contributed by atoms with Crippen LogP contribution in [0.25, 0.3) is 0 Å². The summed E-state index contributed by atoms with van der Waals surface area (Å²) in [4.78, 5) is 18.5. The zero-order valence-corrected chi connectivity index (χ0v) is 13.1. The van der Waals surface area contributed by atoms with Crippen molar-refractivity contribution in [2.45, 2.75) is 12.5 Å². The number of benzene rings is 1. The van der Waals surface area contributed by atoms with Gasteiger partial charge in [-0.15, -0.1) is 0 Å². The molecule has 1 saturated heterocycles. The van der Waals surface area contributed by atoms with E-state index in [0.29, 0.717) is 32.0 Å². The zero-order valence-electron chi connectivity index (χ0n) is 13.1. The van der Waals surface area contributed by atoms with Gasteiger partial charge in [0.15, 0.2) is 0 Å². The number of methoxy groups -OCH3 is 1. The number of morpholine rings is 1. The number of rotatable bonds is 4. The van der Waals surface area contributed by atoms with Gasteiger partial charge in [-0.1, -0.05) is 36.4 Å². The van der Waals surface area contributed by atoms with Gasteiger partial charge >= 0.3 is 0 Å². The second-order valence-corrected chi connectivity index (χ2v) is 5.50. The fourth-order valence-corrected chi connectivity index (χ4v) is 2.67. The molecule has 1 aromatic carbocycles. The monoisotopic (exact) mass is 312 g/mol. The average molecular weight is 312 g/mol. The molecular weight excluding hydrogens is 292 g/mol. The van der Waals surface area contributed by atoms with Crippen molar-refractivity contribution in [3.8, 4) is 5.88 Å². The Morgan fingerprint density at radius 1 is 1.30 bits per heavy atom. The zero-order chi connectivity index (χ0) is 16.1. The minimum absolute atomic E-state index is 0.0529. The Morgan fingerprint density at radius 3 is 2.83 bits per heavy atom. The van der Waals surface area contributed by atoms with Crippen LogP contribution in [0.1, 0.15) is 17.2 Å². The van der Waals surface area contributed by atoms with Gasteiger partial charge in [0.1, 0.15) is 6.10 Å². The summed E-state index contributed by atoms with van der Waals surface area (Å²) in [5.41, 5.74) is 2.00. The van der Waals surface area contributed by atoms with Crippen molar-refractivity contribution >= 4 is 5.91 Å². The van der Waals surface area contributed by atoms with E-state index in [4.69, 9.17) is 9.47 Å². The summed E-state index contributed by atoms with van der Waals surface area (Å²) in [6.45, 7) is 1.78. The summed E-state index contributed by atoms with van der Waals surface area (Å²) in [5, 5.41) is 0. The summed E-state index contributed by atoms with van der Waals surface area (Å²) in [6.07, 6.45) is 1.98. The quantitative estimate of drug-likeness (QED) is 0.869. The van der Waals surface area contributed by atoms with Crippen LogP contribution in [-0.2, 0) is 16.0 Å². The number of nitrogens with zero attached hydrogens (tertiary/aromatic N) is 2. The molecule has 1 aromatic heterocycles. The van der Waals surface area contributed by atoms with E-state index in [9.17, 15) is 4.79 Å². The predicted molar refractivity (Wildman–Crippen MR) is 86.2 cm³/mol. The number of carbonyl (C=O) groups is 1. The van der Waals surface area contributed by atoms with Crippen LogP contribution >= 0.6 is 0 Å². The summed E-state index contributed by atoms with van der Waals surface area (Å²) in [7, 11) is 1.57. The van der Waals surface area contributed by atoms with Crippen LogP contribution in [0.5, 0.6) is 5.88 Å². The van der Waals surface area contributed by atoms with E-state index in [1.54, 1.807) is 19.4 Å². The van der Waals surface area contributed by atoms with E-state index in [1.807, 2.05) is 41.3 Å². The third-order valence-corrected chi connectivity index (χ3v) is 3.95. The van der Waals surface area contributed by atoms with Crippen LogP contribution in [-0.4, -0.2) is 42.6 Å². The second-order valence-electron chi connectivity index (χ2n) is 5.50. The van der Waals surface area contributed by atoms with Crippen molar-refractivity contribution in [3.63, 3.8) is 0 Å². The molecule has 5 heteroatoms. The topological polar surface area (TPSA) is 51.7 Å². The molecular formula is C18H20N2O3. The minimum atomic E-state index is -0.0529. The van der Waals surface area contributed by atoms with E-state index in [-0.39, 0.29) is 12.0 Å². The number of carbonyl (C=O) groups excluding carboxylic acids is 1. The Bertz CT molecular complexity index is 643. The van der Waals surface area contributed by atoms with Gasteiger partial charge in [-0.3, -0.25) is 4.79 Å². The largest absolute Gasteiger partial charge is 0.481 e. The van der Waals surface area contributed by atoms with Crippen molar-refractivity contribution < 1.29 is 14.3 Å². The van der Waals surface area contributed by atoms with Gasteiger partial charge in [-0.2, -0.15) is 0 Å². The van der Waals surface area contributed by atoms with Gasteiger partial charge < -0.3 is 14.4 Å². The Hall–Kier alpha value is -2.40. The lowest BCUT2D eigenvalue weighted by atomic mass is 10.1. The van der Waals surface area contributed by atoms with Crippen molar-refractivity contribution in [2.24, 2.45) is 0 Å². The lowest BCUT2D eigenvalue weighted by molar-refractivity contribution is -0.138. The molecule has 2 aromatic rings. The summed E-state index contributed by atoms with van der Waals surface area (Å²) >= 11 is 0.